The summed E-state index contributed by atoms with van der Waals surface area (Å²) in [6, 6.07) is 3.37. The average molecular weight is 256 g/mol. The van der Waals surface area contributed by atoms with E-state index in [9.17, 15) is 9.50 Å². The molecule has 1 aromatic carbocycles. The van der Waals surface area contributed by atoms with Gasteiger partial charge in [0.25, 0.3) is 0 Å². The van der Waals surface area contributed by atoms with Gasteiger partial charge in [-0.3, -0.25) is 0 Å². The van der Waals surface area contributed by atoms with Gasteiger partial charge in [-0.1, -0.05) is 6.92 Å². The minimum absolute atomic E-state index is 0.00210. The molecule has 0 saturated heterocycles. The normalized spacial score (nSPS) is 13.3. The molecule has 0 spiro atoms. The maximum Gasteiger partial charge on any atom is 0.134 e. The summed E-state index contributed by atoms with van der Waals surface area (Å²) in [4.78, 5) is 0. The Hall–Kier alpha value is -1.29. The first-order valence-electron chi connectivity index (χ1n) is 5.91. The number of aliphatic hydroxyl groups is 1. The molecule has 0 aliphatic carbocycles. The zero-order valence-corrected chi connectivity index (χ0v) is 11.6. The van der Waals surface area contributed by atoms with Crippen LogP contribution in [0.25, 0.3) is 0 Å². The van der Waals surface area contributed by atoms with Crippen LogP contribution < -0.4 is 9.47 Å². The van der Waals surface area contributed by atoms with E-state index in [1.807, 2.05) is 6.92 Å². The Morgan fingerprint density at radius 1 is 1.22 bits per heavy atom. The van der Waals surface area contributed by atoms with Gasteiger partial charge in [-0.05, 0) is 26.0 Å². The van der Waals surface area contributed by atoms with Crippen molar-refractivity contribution >= 4 is 0 Å². The molecule has 0 saturated carbocycles. The summed E-state index contributed by atoms with van der Waals surface area (Å²) in [5, 5.41) is 9.23. The highest BCUT2D eigenvalue weighted by atomic mass is 19.1. The van der Waals surface area contributed by atoms with Gasteiger partial charge in [0.1, 0.15) is 17.2 Å². The average Bonchev–Trinajstić information content (AvgIpc) is 2.34. The number of halogens is 1. The maximum absolute atomic E-state index is 14.1. The van der Waals surface area contributed by atoms with Crippen LogP contribution in [0.5, 0.6) is 11.5 Å². The minimum Gasteiger partial charge on any atom is -0.496 e. The molecule has 0 fully saturated rings. The van der Waals surface area contributed by atoms with Crippen molar-refractivity contribution in [2.24, 2.45) is 0 Å². The van der Waals surface area contributed by atoms with E-state index in [1.165, 1.54) is 28.1 Å². The summed E-state index contributed by atoms with van der Waals surface area (Å²) >= 11 is 0. The lowest BCUT2D eigenvalue weighted by Crippen LogP contribution is -2.13. The van der Waals surface area contributed by atoms with Gasteiger partial charge in [-0.25, -0.2) is 4.39 Å². The molecule has 3 nitrogen and oxygen atoms in total. The first kappa shape index (κ1) is 14.8. The molecular formula is C14H21FO3. The number of hydrogen-bond acceptors (Lipinski definition) is 3. The van der Waals surface area contributed by atoms with E-state index in [0.29, 0.717) is 17.1 Å². The minimum atomic E-state index is -1.51. The lowest BCUT2D eigenvalue weighted by molar-refractivity contribution is 0.212. The van der Waals surface area contributed by atoms with Crippen molar-refractivity contribution in [2.75, 3.05) is 20.8 Å². The van der Waals surface area contributed by atoms with Crippen LogP contribution in [0.3, 0.4) is 0 Å². The molecule has 1 rings (SSSR count). The van der Waals surface area contributed by atoms with E-state index in [2.05, 4.69) is 0 Å². The van der Waals surface area contributed by atoms with Crippen molar-refractivity contribution in [3.63, 3.8) is 0 Å². The molecular weight excluding hydrogens is 235 g/mol. The highest BCUT2D eigenvalue weighted by Crippen LogP contribution is 2.39. The van der Waals surface area contributed by atoms with Gasteiger partial charge in [0, 0.05) is 23.7 Å². The van der Waals surface area contributed by atoms with Crippen LogP contribution in [0.1, 0.15) is 37.8 Å². The standard InChI is InChI=1S/C14H21FO3/c1-9(8-16)10-6-13(18-5)11(14(2,3)15)7-12(10)17-4/h6-7,9,16H,8H2,1-5H3. The number of ether oxygens (including phenoxy) is 2. The predicted octanol–water partition coefficient (Wildman–Crippen LogP) is 3.00. The molecule has 4 heteroatoms. The molecule has 18 heavy (non-hydrogen) atoms. The molecule has 0 aliphatic rings. The number of aliphatic hydroxyl groups excluding tert-OH is 1. The fourth-order valence-electron chi connectivity index (χ4n) is 1.87. The lowest BCUT2D eigenvalue weighted by atomic mass is 9.93. The Balaban J connectivity index is 3.42. The van der Waals surface area contributed by atoms with E-state index in [4.69, 9.17) is 9.47 Å². The van der Waals surface area contributed by atoms with E-state index in [1.54, 1.807) is 12.1 Å². The third-order valence-corrected chi connectivity index (χ3v) is 3.00. The highest BCUT2D eigenvalue weighted by Gasteiger charge is 2.26. The molecule has 0 bridgehead atoms. The van der Waals surface area contributed by atoms with Gasteiger partial charge < -0.3 is 14.6 Å². The highest BCUT2D eigenvalue weighted by molar-refractivity contribution is 5.50. The van der Waals surface area contributed by atoms with Gasteiger partial charge in [0.15, 0.2) is 0 Å². The maximum atomic E-state index is 14.1. The van der Waals surface area contributed by atoms with Crippen molar-refractivity contribution in [3.05, 3.63) is 23.3 Å². The Kier molecular flexibility index (Phi) is 4.57. The molecule has 1 aromatic rings. The van der Waals surface area contributed by atoms with E-state index in [-0.39, 0.29) is 12.5 Å². The molecule has 0 radical (unpaired) electrons. The van der Waals surface area contributed by atoms with Crippen molar-refractivity contribution in [3.8, 4) is 11.5 Å². The van der Waals surface area contributed by atoms with Crippen molar-refractivity contribution in [1.29, 1.82) is 0 Å². The van der Waals surface area contributed by atoms with Crippen LogP contribution in [0.2, 0.25) is 0 Å². The largest absolute Gasteiger partial charge is 0.496 e. The summed E-state index contributed by atoms with van der Waals surface area (Å²) in [5.74, 6) is 0.947. The van der Waals surface area contributed by atoms with E-state index >= 15 is 0 Å². The number of benzene rings is 1. The van der Waals surface area contributed by atoms with Crippen LogP contribution in [0, 0.1) is 0 Å². The summed E-state index contributed by atoms with van der Waals surface area (Å²) in [6.45, 7) is 4.81. The Bertz CT molecular complexity index is 410. The van der Waals surface area contributed by atoms with Gasteiger partial charge in [0.05, 0.1) is 14.2 Å². The van der Waals surface area contributed by atoms with Gasteiger partial charge in [-0.2, -0.15) is 0 Å². The van der Waals surface area contributed by atoms with Crippen LogP contribution in [-0.4, -0.2) is 25.9 Å². The second-order valence-electron chi connectivity index (χ2n) is 4.85. The lowest BCUT2D eigenvalue weighted by Gasteiger charge is -2.22. The number of methoxy groups -OCH3 is 2. The summed E-state index contributed by atoms with van der Waals surface area (Å²) < 4.78 is 24.6. The molecule has 1 unspecified atom stereocenters. The molecule has 0 amide bonds. The van der Waals surface area contributed by atoms with Crippen molar-refractivity contribution < 1.29 is 19.0 Å². The zero-order valence-electron chi connectivity index (χ0n) is 11.6. The fourth-order valence-corrected chi connectivity index (χ4v) is 1.87. The van der Waals surface area contributed by atoms with Crippen LogP contribution >= 0.6 is 0 Å². The molecule has 1 N–H and O–H groups in total. The summed E-state index contributed by atoms with van der Waals surface area (Å²) in [6.07, 6.45) is 0. The first-order valence-corrected chi connectivity index (χ1v) is 5.91. The van der Waals surface area contributed by atoms with Gasteiger partial charge in [0.2, 0.25) is 0 Å². The van der Waals surface area contributed by atoms with Crippen LogP contribution in [-0.2, 0) is 5.67 Å². The second-order valence-corrected chi connectivity index (χ2v) is 4.85. The van der Waals surface area contributed by atoms with Gasteiger partial charge in [-0.15, -0.1) is 0 Å². The molecule has 0 aromatic heterocycles. The summed E-state index contributed by atoms with van der Waals surface area (Å²) in [5.41, 5.74) is -0.264. The van der Waals surface area contributed by atoms with Crippen LogP contribution in [0.4, 0.5) is 4.39 Å². The summed E-state index contributed by atoms with van der Waals surface area (Å²) in [7, 11) is 3.04. The Labute approximate surface area is 108 Å². The predicted molar refractivity (Wildman–Crippen MR) is 69.2 cm³/mol. The monoisotopic (exact) mass is 256 g/mol. The fraction of sp³-hybridized carbons (Fsp3) is 0.571. The molecule has 0 aliphatic heterocycles. The first-order chi connectivity index (χ1) is 8.35. The van der Waals surface area contributed by atoms with Crippen molar-refractivity contribution in [1.82, 2.24) is 0 Å². The third-order valence-electron chi connectivity index (χ3n) is 3.00. The van der Waals surface area contributed by atoms with E-state index < -0.39 is 5.67 Å². The topological polar surface area (TPSA) is 38.7 Å². The number of rotatable bonds is 5. The van der Waals surface area contributed by atoms with Crippen molar-refractivity contribution in [2.45, 2.75) is 32.4 Å². The Morgan fingerprint density at radius 3 is 2.17 bits per heavy atom. The molecule has 1 atom stereocenters. The number of hydrogen-bond donors (Lipinski definition) is 1. The third kappa shape index (κ3) is 2.93. The smallest absolute Gasteiger partial charge is 0.134 e. The second kappa shape index (κ2) is 5.57. The van der Waals surface area contributed by atoms with Gasteiger partial charge >= 0.3 is 0 Å². The van der Waals surface area contributed by atoms with Crippen LogP contribution in [0.15, 0.2) is 12.1 Å². The molecule has 0 heterocycles. The zero-order chi connectivity index (χ0) is 13.9. The SMILES string of the molecule is COc1cc(C(C)(C)F)c(OC)cc1C(C)CO. The van der Waals surface area contributed by atoms with E-state index in [0.717, 1.165) is 5.56 Å². The quantitative estimate of drug-likeness (QED) is 0.880. The molecule has 102 valence electrons. The number of alkyl halides is 1. The Morgan fingerprint density at radius 2 is 1.78 bits per heavy atom.